The number of hydrogen-bond donors (Lipinski definition) is 0. The van der Waals surface area contributed by atoms with Crippen molar-refractivity contribution >= 4 is 22.7 Å². The molecule has 0 amide bonds. The summed E-state index contributed by atoms with van der Waals surface area (Å²) >= 11 is 6.60. The fraction of sp³-hybridized carbons (Fsp3) is 0.235. The summed E-state index contributed by atoms with van der Waals surface area (Å²) in [5.74, 6) is -0.361. The first-order chi connectivity index (χ1) is 9.95. The van der Waals surface area contributed by atoms with Crippen LogP contribution < -0.4 is 5.76 Å². The van der Waals surface area contributed by atoms with Crippen LogP contribution in [0.1, 0.15) is 27.6 Å². The second-order valence-electron chi connectivity index (χ2n) is 5.44. The highest BCUT2D eigenvalue weighted by molar-refractivity contribution is 6.22. The van der Waals surface area contributed by atoms with E-state index >= 15 is 0 Å². The molecule has 1 heterocycles. The van der Waals surface area contributed by atoms with E-state index in [9.17, 15) is 4.79 Å². The lowest BCUT2D eigenvalue weighted by Gasteiger charge is -2.12. The number of aryl methyl sites for hydroxylation is 3. The predicted molar refractivity (Wildman–Crippen MR) is 85.1 cm³/mol. The molecule has 3 rings (SSSR count). The van der Waals surface area contributed by atoms with Crippen LogP contribution in [0, 0.1) is 13.8 Å². The quantitative estimate of drug-likeness (QED) is 0.669. The first kappa shape index (κ1) is 14.0. The summed E-state index contributed by atoms with van der Waals surface area (Å²) in [4.78, 5) is 11.5. The van der Waals surface area contributed by atoms with E-state index in [0.717, 1.165) is 16.6 Å². The fourth-order valence-corrected chi connectivity index (χ4v) is 2.92. The van der Waals surface area contributed by atoms with E-state index in [-0.39, 0.29) is 11.1 Å². The molecular formula is C17H16ClNO2. The number of benzene rings is 2. The molecule has 0 aliphatic heterocycles. The second-order valence-corrected chi connectivity index (χ2v) is 5.87. The number of oxazole rings is 1. The summed E-state index contributed by atoms with van der Waals surface area (Å²) < 4.78 is 6.71. The van der Waals surface area contributed by atoms with Gasteiger partial charge in [0.25, 0.3) is 0 Å². The van der Waals surface area contributed by atoms with Gasteiger partial charge in [0.05, 0.1) is 10.9 Å². The average molecular weight is 302 g/mol. The second kappa shape index (κ2) is 5.08. The van der Waals surface area contributed by atoms with Gasteiger partial charge >= 0.3 is 5.76 Å². The zero-order valence-corrected chi connectivity index (χ0v) is 12.9. The Labute approximate surface area is 127 Å². The third-order valence-corrected chi connectivity index (χ3v) is 4.15. The maximum Gasteiger partial charge on any atom is 0.419 e. The third-order valence-electron chi connectivity index (χ3n) is 3.65. The van der Waals surface area contributed by atoms with Crippen molar-refractivity contribution in [1.82, 2.24) is 4.57 Å². The number of rotatable bonds is 2. The molecule has 0 spiro atoms. The highest BCUT2D eigenvalue weighted by Crippen LogP contribution is 2.31. The number of hydrogen-bond acceptors (Lipinski definition) is 2. The highest BCUT2D eigenvalue weighted by Gasteiger charge is 2.14. The Morgan fingerprint density at radius 1 is 1.05 bits per heavy atom. The van der Waals surface area contributed by atoms with Gasteiger partial charge in [0.1, 0.15) is 0 Å². The number of alkyl halides is 1. The maximum absolute atomic E-state index is 11.5. The Morgan fingerprint density at radius 3 is 2.38 bits per heavy atom. The smallest absolute Gasteiger partial charge is 0.408 e. The number of aromatic nitrogens is 1. The predicted octanol–water partition coefficient (Wildman–Crippen LogP) is 4.08. The molecule has 0 bridgehead atoms. The lowest BCUT2D eigenvalue weighted by atomic mass is 10.00. The van der Waals surface area contributed by atoms with Gasteiger partial charge < -0.3 is 4.42 Å². The van der Waals surface area contributed by atoms with Gasteiger partial charge in [0, 0.05) is 7.05 Å². The SMILES string of the molecule is Cc1cc(C)cc(C(Cl)c2ccc3c(c2)oc(=O)n3C)c1. The summed E-state index contributed by atoms with van der Waals surface area (Å²) in [6.07, 6.45) is 0. The highest BCUT2D eigenvalue weighted by atomic mass is 35.5. The molecule has 0 aliphatic carbocycles. The Hall–Kier alpha value is -2.00. The van der Waals surface area contributed by atoms with Gasteiger partial charge in [-0.05, 0) is 37.1 Å². The standard InChI is InChI=1S/C17H16ClNO2/c1-10-6-11(2)8-13(7-10)16(18)12-4-5-14-15(9-12)21-17(20)19(14)3/h4-9,16H,1-3H3. The molecule has 0 N–H and O–H groups in total. The molecule has 0 saturated heterocycles. The lowest BCUT2D eigenvalue weighted by molar-refractivity contribution is 0.528. The van der Waals surface area contributed by atoms with Gasteiger partial charge in [-0.25, -0.2) is 4.79 Å². The Morgan fingerprint density at radius 2 is 1.71 bits per heavy atom. The largest absolute Gasteiger partial charge is 0.419 e. The van der Waals surface area contributed by atoms with E-state index in [1.807, 2.05) is 18.2 Å². The van der Waals surface area contributed by atoms with E-state index in [2.05, 4.69) is 32.0 Å². The monoisotopic (exact) mass is 301 g/mol. The first-order valence-electron chi connectivity index (χ1n) is 6.77. The molecule has 0 radical (unpaired) electrons. The molecule has 3 aromatic rings. The third kappa shape index (κ3) is 2.49. The molecule has 4 heteroatoms. The molecule has 1 atom stereocenters. The van der Waals surface area contributed by atoms with Gasteiger partial charge in [-0.1, -0.05) is 35.4 Å². The van der Waals surface area contributed by atoms with E-state index in [1.165, 1.54) is 15.7 Å². The van der Waals surface area contributed by atoms with Gasteiger partial charge in [0.2, 0.25) is 0 Å². The molecule has 0 aliphatic rings. The molecule has 0 saturated carbocycles. The molecule has 2 aromatic carbocycles. The Bertz CT molecular complexity index is 856. The van der Waals surface area contributed by atoms with Crippen LogP contribution in [-0.4, -0.2) is 4.57 Å². The fourth-order valence-electron chi connectivity index (χ4n) is 2.66. The van der Waals surface area contributed by atoms with E-state index in [4.69, 9.17) is 16.0 Å². The van der Waals surface area contributed by atoms with Crippen LogP contribution in [0.3, 0.4) is 0 Å². The van der Waals surface area contributed by atoms with Gasteiger partial charge in [-0.15, -0.1) is 11.6 Å². The average Bonchev–Trinajstić information content (AvgIpc) is 2.71. The van der Waals surface area contributed by atoms with Crippen LogP contribution in [-0.2, 0) is 7.05 Å². The van der Waals surface area contributed by atoms with Crippen LogP contribution in [0.25, 0.3) is 11.1 Å². The number of nitrogens with zero attached hydrogens (tertiary/aromatic N) is 1. The minimum absolute atomic E-state index is 0.265. The van der Waals surface area contributed by atoms with Crippen molar-refractivity contribution in [2.45, 2.75) is 19.2 Å². The van der Waals surface area contributed by atoms with Crippen LogP contribution >= 0.6 is 11.6 Å². The summed E-state index contributed by atoms with van der Waals surface area (Å²) in [6.45, 7) is 4.11. The van der Waals surface area contributed by atoms with Gasteiger partial charge in [-0.2, -0.15) is 0 Å². The molecule has 1 aromatic heterocycles. The molecule has 3 nitrogen and oxygen atoms in total. The van der Waals surface area contributed by atoms with Crippen molar-refractivity contribution in [1.29, 1.82) is 0 Å². The Kier molecular flexibility index (Phi) is 3.38. The molecule has 108 valence electrons. The van der Waals surface area contributed by atoms with Gasteiger partial charge in [0.15, 0.2) is 5.58 Å². The van der Waals surface area contributed by atoms with E-state index < -0.39 is 0 Å². The van der Waals surface area contributed by atoms with E-state index in [1.54, 1.807) is 7.05 Å². The van der Waals surface area contributed by atoms with Crippen molar-refractivity contribution in [3.05, 3.63) is 69.2 Å². The first-order valence-corrected chi connectivity index (χ1v) is 7.21. The normalized spacial score (nSPS) is 12.8. The van der Waals surface area contributed by atoms with Crippen molar-refractivity contribution in [2.75, 3.05) is 0 Å². The van der Waals surface area contributed by atoms with Crippen molar-refractivity contribution < 1.29 is 4.42 Å². The van der Waals surface area contributed by atoms with Crippen molar-refractivity contribution in [3.63, 3.8) is 0 Å². The minimum Gasteiger partial charge on any atom is -0.408 e. The molecule has 1 unspecified atom stereocenters. The molecule has 21 heavy (non-hydrogen) atoms. The summed E-state index contributed by atoms with van der Waals surface area (Å²) in [5, 5.41) is -0.265. The Balaban J connectivity index is 2.08. The summed E-state index contributed by atoms with van der Waals surface area (Å²) in [6, 6.07) is 11.9. The van der Waals surface area contributed by atoms with Gasteiger partial charge in [-0.3, -0.25) is 4.57 Å². The van der Waals surface area contributed by atoms with Crippen molar-refractivity contribution in [2.24, 2.45) is 7.05 Å². The van der Waals surface area contributed by atoms with Crippen LogP contribution in [0.5, 0.6) is 0 Å². The molecule has 0 fully saturated rings. The summed E-state index contributed by atoms with van der Waals surface area (Å²) in [7, 11) is 1.69. The zero-order valence-electron chi connectivity index (χ0n) is 12.2. The maximum atomic E-state index is 11.5. The molecular weight excluding hydrogens is 286 g/mol. The van der Waals surface area contributed by atoms with Crippen molar-refractivity contribution in [3.8, 4) is 0 Å². The summed E-state index contributed by atoms with van der Waals surface area (Å²) in [5.41, 5.74) is 5.67. The minimum atomic E-state index is -0.361. The lowest BCUT2D eigenvalue weighted by Crippen LogP contribution is -2.08. The van der Waals surface area contributed by atoms with Crippen LogP contribution in [0.15, 0.2) is 45.6 Å². The number of halogens is 1. The van der Waals surface area contributed by atoms with Crippen LogP contribution in [0.4, 0.5) is 0 Å². The van der Waals surface area contributed by atoms with Crippen LogP contribution in [0.2, 0.25) is 0 Å². The topological polar surface area (TPSA) is 35.1 Å². The number of fused-ring (bicyclic) bond motifs is 1. The zero-order chi connectivity index (χ0) is 15.1. The van der Waals surface area contributed by atoms with E-state index in [0.29, 0.717) is 5.58 Å².